The maximum absolute atomic E-state index is 12.9. The third-order valence-corrected chi connectivity index (χ3v) is 3.68. The molecular weight excluding hydrogens is 347 g/mol. The van der Waals surface area contributed by atoms with Crippen LogP contribution in [0.5, 0.6) is 0 Å². The largest absolute Gasteiger partial charge is 0.417 e. The number of halogens is 4. The number of hydrogen-bond acceptors (Lipinski definition) is 1. The monoisotopic (exact) mass is 365 g/mol. The van der Waals surface area contributed by atoms with Crippen molar-refractivity contribution >= 4 is 21.8 Å². The van der Waals surface area contributed by atoms with Crippen molar-refractivity contribution < 1.29 is 18.0 Å². The summed E-state index contributed by atoms with van der Waals surface area (Å²) in [5.74, 6) is -0.691. The number of amides is 1. The van der Waals surface area contributed by atoms with Crippen molar-refractivity contribution in [2.45, 2.75) is 39.4 Å². The molecule has 1 aromatic rings. The van der Waals surface area contributed by atoms with Gasteiger partial charge in [0.1, 0.15) is 0 Å². The molecule has 118 valence electrons. The minimum Gasteiger partial charge on any atom is -0.349 e. The van der Waals surface area contributed by atoms with Crippen molar-refractivity contribution in [3.05, 3.63) is 35.4 Å². The highest BCUT2D eigenvalue weighted by Gasteiger charge is 2.35. The summed E-state index contributed by atoms with van der Waals surface area (Å²) in [6, 6.07) is 4.61. The first-order valence-corrected chi connectivity index (χ1v) is 7.72. The summed E-state index contributed by atoms with van der Waals surface area (Å²) in [6.45, 7) is 5.82. The van der Waals surface area contributed by atoms with Gasteiger partial charge in [0, 0.05) is 11.4 Å². The molecule has 0 saturated carbocycles. The highest BCUT2D eigenvalue weighted by Crippen LogP contribution is 2.32. The molecule has 0 spiro atoms. The van der Waals surface area contributed by atoms with E-state index in [1.165, 1.54) is 18.2 Å². The average molecular weight is 366 g/mol. The second kappa shape index (κ2) is 6.81. The third-order valence-electron chi connectivity index (χ3n) is 3.23. The second-order valence-corrected chi connectivity index (χ2v) is 6.71. The minimum atomic E-state index is -4.54. The summed E-state index contributed by atoms with van der Waals surface area (Å²) >= 11 is 3.30. The van der Waals surface area contributed by atoms with Crippen molar-refractivity contribution in [1.82, 2.24) is 5.32 Å². The van der Waals surface area contributed by atoms with Gasteiger partial charge >= 0.3 is 6.18 Å². The average Bonchev–Trinajstić information content (AvgIpc) is 2.36. The number of alkyl halides is 4. The van der Waals surface area contributed by atoms with Gasteiger partial charge in [-0.3, -0.25) is 4.79 Å². The van der Waals surface area contributed by atoms with Crippen molar-refractivity contribution in [3.63, 3.8) is 0 Å². The predicted octanol–water partition coefficient (Wildman–Crippen LogP) is 4.63. The van der Waals surface area contributed by atoms with Crippen LogP contribution in [0.2, 0.25) is 0 Å². The molecule has 0 aliphatic carbocycles. The molecule has 1 unspecified atom stereocenters. The van der Waals surface area contributed by atoms with E-state index >= 15 is 0 Å². The van der Waals surface area contributed by atoms with E-state index in [1.54, 1.807) is 0 Å². The van der Waals surface area contributed by atoms with Crippen LogP contribution in [0.25, 0.3) is 0 Å². The first-order chi connectivity index (χ1) is 9.57. The Kier molecular flexibility index (Phi) is 5.84. The Labute approximate surface area is 131 Å². The molecule has 6 heteroatoms. The molecule has 1 rings (SSSR count). The van der Waals surface area contributed by atoms with E-state index in [9.17, 15) is 18.0 Å². The number of rotatable bonds is 4. The summed E-state index contributed by atoms with van der Waals surface area (Å²) in [5.41, 5.74) is -1.49. The van der Waals surface area contributed by atoms with E-state index in [0.717, 1.165) is 6.07 Å². The molecule has 2 nitrogen and oxygen atoms in total. The van der Waals surface area contributed by atoms with Crippen LogP contribution in [0, 0.1) is 5.41 Å². The normalized spacial score (nSPS) is 13.9. The number of carbonyl (C=O) groups excluding carboxylic acids is 1. The van der Waals surface area contributed by atoms with Crippen LogP contribution in [-0.4, -0.2) is 17.3 Å². The van der Waals surface area contributed by atoms with E-state index in [2.05, 4.69) is 21.2 Å². The molecule has 21 heavy (non-hydrogen) atoms. The maximum Gasteiger partial charge on any atom is 0.417 e. The van der Waals surface area contributed by atoms with Gasteiger partial charge in [-0.25, -0.2) is 0 Å². The van der Waals surface area contributed by atoms with Gasteiger partial charge < -0.3 is 5.32 Å². The topological polar surface area (TPSA) is 29.1 Å². The van der Waals surface area contributed by atoms with Gasteiger partial charge in [-0.1, -0.05) is 48.8 Å². The zero-order valence-electron chi connectivity index (χ0n) is 12.2. The predicted molar refractivity (Wildman–Crippen MR) is 80.6 cm³/mol. The van der Waals surface area contributed by atoms with Gasteiger partial charge in [-0.05, 0) is 24.0 Å². The van der Waals surface area contributed by atoms with Gasteiger partial charge in [0.15, 0.2) is 0 Å². The van der Waals surface area contributed by atoms with Crippen LogP contribution >= 0.6 is 15.9 Å². The molecule has 0 heterocycles. The SMILES string of the molecule is CC(C)(C)C(CCBr)NC(=O)c1ccccc1C(F)(F)F. The lowest BCUT2D eigenvalue weighted by Gasteiger charge is -2.31. The summed E-state index contributed by atoms with van der Waals surface area (Å²) in [7, 11) is 0. The lowest BCUT2D eigenvalue weighted by Crippen LogP contribution is -2.44. The molecule has 0 bridgehead atoms. The van der Waals surface area contributed by atoms with Crippen LogP contribution in [0.15, 0.2) is 24.3 Å². The zero-order chi connectivity index (χ0) is 16.3. The fraction of sp³-hybridized carbons (Fsp3) is 0.533. The Bertz CT molecular complexity index is 494. The van der Waals surface area contributed by atoms with Crippen molar-refractivity contribution in [1.29, 1.82) is 0 Å². The van der Waals surface area contributed by atoms with Crippen LogP contribution in [-0.2, 0) is 6.18 Å². The second-order valence-electron chi connectivity index (χ2n) is 5.91. The van der Waals surface area contributed by atoms with E-state index in [4.69, 9.17) is 0 Å². The molecule has 1 aromatic carbocycles. The number of nitrogens with one attached hydrogen (secondary N) is 1. The van der Waals surface area contributed by atoms with Crippen molar-refractivity contribution in [3.8, 4) is 0 Å². The molecule has 1 atom stereocenters. The fourth-order valence-corrected chi connectivity index (χ4v) is 2.45. The summed E-state index contributed by atoms with van der Waals surface area (Å²) in [5, 5.41) is 3.38. The number of carbonyl (C=O) groups is 1. The quantitative estimate of drug-likeness (QED) is 0.774. The fourth-order valence-electron chi connectivity index (χ4n) is 2.00. The van der Waals surface area contributed by atoms with E-state index in [1.807, 2.05) is 20.8 Å². The third kappa shape index (κ3) is 5.02. The van der Waals surface area contributed by atoms with Crippen LogP contribution in [0.1, 0.15) is 43.1 Å². The molecule has 0 saturated heterocycles. The van der Waals surface area contributed by atoms with Crippen molar-refractivity contribution in [2.24, 2.45) is 5.41 Å². The first kappa shape index (κ1) is 18.0. The van der Waals surface area contributed by atoms with Gasteiger partial charge in [-0.2, -0.15) is 13.2 Å². The number of hydrogen-bond donors (Lipinski definition) is 1. The van der Waals surface area contributed by atoms with Crippen LogP contribution < -0.4 is 5.32 Å². The lowest BCUT2D eigenvalue weighted by molar-refractivity contribution is -0.137. The first-order valence-electron chi connectivity index (χ1n) is 6.60. The minimum absolute atomic E-state index is 0.217. The van der Waals surface area contributed by atoms with Gasteiger partial charge in [0.2, 0.25) is 0 Å². The van der Waals surface area contributed by atoms with Gasteiger partial charge in [-0.15, -0.1) is 0 Å². The Morgan fingerprint density at radius 3 is 2.29 bits per heavy atom. The van der Waals surface area contributed by atoms with E-state index in [-0.39, 0.29) is 17.0 Å². The molecule has 0 aliphatic rings. The van der Waals surface area contributed by atoms with Crippen LogP contribution in [0.3, 0.4) is 0 Å². The zero-order valence-corrected chi connectivity index (χ0v) is 13.8. The van der Waals surface area contributed by atoms with Crippen molar-refractivity contribution in [2.75, 3.05) is 5.33 Å². The maximum atomic E-state index is 12.9. The molecular formula is C15H19BrF3NO. The van der Waals surface area contributed by atoms with E-state index in [0.29, 0.717) is 11.8 Å². The Balaban J connectivity index is 3.04. The molecule has 1 amide bonds. The highest BCUT2D eigenvalue weighted by atomic mass is 79.9. The highest BCUT2D eigenvalue weighted by molar-refractivity contribution is 9.09. The lowest BCUT2D eigenvalue weighted by atomic mass is 9.85. The molecule has 0 aliphatic heterocycles. The van der Waals surface area contributed by atoms with Gasteiger partial charge in [0.25, 0.3) is 5.91 Å². The Morgan fingerprint density at radius 2 is 1.81 bits per heavy atom. The molecule has 0 fully saturated rings. The number of benzene rings is 1. The van der Waals surface area contributed by atoms with Gasteiger partial charge in [0.05, 0.1) is 11.1 Å². The Morgan fingerprint density at radius 1 is 1.24 bits per heavy atom. The molecule has 1 N–H and O–H groups in total. The standard InChI is InChI=1S/C15H19BrF3NO/c1-14(2,3)12(8-9-16)20-13(21)10-6-4-5-7-11(10)15(17,18)19/h4-7,12H,8-9H2,1-3H3,(H,20,21). The smallest absolute Gasteiger partial charge is 0.349 e. The van der Waals surface area contributed by atoms with E-state index < -0.39 is 17.6 Å². The van der Waals surface area contributed by atoms with Crippen LogP contribution in [0.4, 0.5) is 13.2 Å². The molecule has 0 radical (unpaired) electrons. The summed E-state index contributed by atoms with van der Waals surface area (Å²) in [4.78, 5) is 12.2. The molecule has 0 aromatic heterocycles. The summed E-state index contributed by atoms with van der Waals surface area (Å²) in [6.07, 6.45) is -3.90. The summed E-state index contributed by atoms with van der Waals surface area (Å²) < 4.78 is 38.8. The Hall–Kier alpha value is -1.04.